The second-order valence-electron chi connectivity index (χ2n) is 4.82. The Morgan fingerprint density at radius 1 is 1.24 bits per heavy atom. The quantitative estimate of drug-likeness (QED) is 0.599. The molecule has 4 heteroatoms. The first-order chi connectivity index (χ1) is 8.03. The van der Waals surface area contributed by atoms with Gasteiger partial charge in [0.1, 0.15) is 5.70 Å². The predicted molar refractivity (Wildman–Crippen MR) is 64.1 cm³/mol. The number of allylic oxidation sites excluding steroid dienone is 6. The van der Waals surface area contributed by atoms with Gasteiger partial charge < -0.3 is 10.3 Å². The summed E-state index contributed by atoms with van der Waals surface area (Å²) in [4.78, 5) is 11.9. The maximum Gasteiger partial charge on any atom is 0.289 e. The van der Waals surface area contributed by atoms with Crippen LogP contribution in [0.2, 0.25) is 0 Å². The van der Waals surface area contributed by atoms with Crippen LogP contribution in [0.3, 0.4) is 0 Å². The van der Waals surface area contributed by atoms with Gasteiger partial charge >= 0.3 is 0 Å². The summed E-state index contributed by atoms with van der Waals surface area (Å²) < 4.78 is 0.775. The first-order valence-corrected chi connectivity index (χ1v) is 5.49. The zero-order valence-electron chi connectivity index (χ0n) is 9.68. The molecule has 0 saturated carbocycles. The molecule has 17 heavy (non-hydrogen) atoms. The largest absolute Gasteiger partial charge is 0.754 e. The van der Waals surface area contributed by atoms with Crippen LogP contribution < -0.4 is 0 Å². The molecule has 1 aliphatic carbocycles. The Balaban J connectivity index is 2.33. The second-order valence-corrected chi connectivity index (χ2v) is 4.82. The van der Waals surface area contributed by atoms with Crippen LogP contribution in [0.4, 0.5) is 0 Å². The van der Waals surface area contributed by atoms with Gasteiger partial charge in [0.05, 0.1) is 4.76 Å². The lowest BCUT2D eigenvalue weighted by Crippen LogP contribution is -2.18. The molecule has 0 spiro atoms. The summed E-state index contributed by atoms with van der Waals surface area (Å²) in [5.74, 6) is 0. The summed E-state index contributed by atoms with van der Waals surface area (Å²) in [6.07, 6.45) is 10.1. The molecule has 0 unspecified atom stereocenters. The topological polar surface area (TPSA) is 46.4 Å². The Kier molecular flexibility index (Phi) is 1.83. The van der Waals surface area contributed by atoms with Crippen LogP contribution in [0.15, 0.2) is 59.2 Å². The zero-order valence-corrected chi connectivity index (χ0v) is 9.68. The molecule has 86 valence electrons. The van der Waals surface area contributed by atoms with E-state index in [0.717, 1.165) is 21.0 Å². The lowest BCUT2D eigenvalue weighted by Gasteiger charge is -2.32. The predicted octanol–water partition coefficient (Wildman–Crippen LogP) is 2.72. The van der Waals surface area contributed by atoms with Gasteiger partial charge in [-0.25, -0.2) is 0 Å². The van der Waals surface area contributed by atoms with Gasteiger partial charge in [-0.2, -0.15) is 0 Å². The van der Waals surface area contributed by atoms with E-state index < -0.39 is 0 Å². The van der Waals surface area contributed by atoms with Crippen LogP contribution in [-0.4, -0.2) is 9.82 Å². The van der Waals surface area contributed by atoms with Crippen LogP contribution in [0.25, 0.3) is 0 Å². The molecule has 0 aromatic heterocycles. The van der Waals surface area contributed by atoms with Gasteiger partial charge in [0, 0.05) is 22.0 Å². The molecular formula is C13H12N2O2. The van der Waals surface area contributed by atoms with Crippen molar-refractivity contribution in [2.45, 2.75) is 13.8 Å². The summed E-state index contributed by atoms with van der Waals surface area (Å²) in [7, 11) is 0. The van der Waals surface area contributed by atoms with E-state index in [1.54, 1.807) is 12.2 Å². The van der Waals surface area contributed by atoms with E-state index in [9.17, 15) is 10.1 Å². The van der Waals surface area contributed by atoms with E-state index in [1.807, 2.05) is 26.0 Å². The van der Waals surface area contributed by atoms with Crippen molar-refractivity contribution in [3.63, 3.8) is 0 Å². The standard InChI is InChI=1S/C13H12N2O2/c1-13(2)9-5-3-7-14(16)11(9)12-10(13)6-4-8-15(12)17/h3-8H,1-2H3. The fraction of sp³-hybridized carbons (Fsp3) is 0.231. The molecular weight excluding hydrogens is 216 g/mol. The maximum atomic E-state index is 11.9. The smallest absolute Gasteiger partial charge is 0.289 e. The van der Waals surface area contributed by atoms with Gasteiger partial charge in [0.15, 0.2) is 0 Å². The maximum absolute atomic E-state index is 11.9. The van der Waals surface area contributed by atoms with Crippen LogP contribution in [0, 0.1) is 15.5 Å². The zero-order chi connectivity index (χ0) is 12.2. The molecule has 0 aromatic carbocycles. The molecule has 4 nitrogen and oxygen atoms in total. The number of fused-ring (bicyclic) bond motifs is 2. The van der Waals surface area contributed by atoms with E-state index in [2.05, 4.69) is 0 Å². The Bertz CT molecular complexity index is 574. The Morgan fingerprint density at radius 2 is 1.94 bits per heavy atom. The minimum atomic E-state index is -0.300. The SMILES string of the molecule is CC1(C)C2=CC=CN([O-])C2=C2C1=CC=C[N+]2=O. The average Bonchev–Trinajstić information content (AvgIpc) is 2.52. The van der Waals surface area contributed by atoms with Crippen molar-refractivity contribution in [1.29, 1.82) is 0 Å². The molecule has 3 rings (SSSR count). The molecule has 0 amide bonds. The molecule has 0 bridgehead atoms. The number of nitroso groups, excluding NO2 is 1. The summed E-state index contributed by atoms with van der Waals surface area (Å²) in [6, 6.07) is 0. The van der Waals surface area contributed by atoms with Crippen LogP contribution in [0.1, 0.15) is 13.8 Å². The van der Waals surface area contributed by atoms with Crippen LogP contribution in [-0.2, 0) is 0 Å². The van der Waals surface area contributed by atoms with Crippen molar-refractivity contribution in [1.82, 2.24) is 5.06 Å². The highest BCUT2D eigenvalue weighted by Crippen LogP contribution is 2.52. The molecule has 2 aliphatic heterocycles. The number of hydroxylamine groups is 2. The normalized spacial score (nSPS) is 24.6. The number of rotatable bonds is 0. The van der Waals surface area contributed by atoms with Crippen molar-refractivity contribution in [3.8, 4) is 0 Å². The second kappa shape index (κ2) is 3.05. The van der Waals surface area contributed by atoms with E-state index in [1.165, 1.54) is 12.4 Å². The molecule has 0 aromatic rings. The van der Waals surface area contributed by atoms with E-state index in [4.69, 9.17) is 0 Å². The third-order valence-electron chi connectivity index (χ3n) is 3.49. The van der Waals surface area contributed by atoms with Crippen molar-refractivity contribution in [3.05, 3.63) is 69.4 Å². The molecule has 0 N–H and O–H groups in total. The van der Waals surface area contributed by atoms with Crippen molar-refractivity contribution >= 4 is 0 Å². The first-order valence-electron chi connectivity index (χ1n) is 5.49. The summed E-state index contributed by atoms with van der Waals surface area (Å²) >= 11 is 0. The van der Waals surface area contributed by atoms with Gasteiger partial charge in [0.25, 0.3) is 5.70 Å². The minimum absolute atomic E-state index is 0.300. The lowest BCUT2D eigenvalue weighted by atomic mass is 9.80. The first kappa shape index (κ1) is 10.2. The molecule has 2 heterocycles. The van der Waals surface area contributed by atoms with Gasteiger partial charge in [-0.15, -0.1) is 0 Å². The highest BCUT2D eigenvalue weighted by Gasteiger charge is 2.49. The summed E-state index contributed by atoms with van der Waals surface area (Å²) in [5, 5.41) is 12.7. The Morgan fingerprint density at radius 3 is 2.71 bits per heavy atom. The Hall–Kier alpha value is -1.94. The fourth-order valence-electron chi connectivity index (χ4n) is 2.60. The van der Waals surface area contributed by atoms with Gasteiger partial charge in [-0.3, -0.25) is 0 Å². The number of nitrogens with zero attached hydrogens (tertiary/aromatic N) is 2. The molecule has 0 atom stereocenters. The third-order valence-corrected chi connectivity index (χ3v) is 3.49. The molecule has 3 aliphatic rings. The highest BCUT2D eigenvalue weighted by atomic mass is 16.5. The fourth-order valence-corrected chi connectivity index (χ4v) is 2.60. The molecule has 0 radical (unpaired) electrons. The van der Waals surface area contributed by atoms with E-state index in [-0.39, 0.29) is 5.41 Å². The Labute approximate surface area is 99.1 Å². The van der Waals surface area contributed by atoms with Crippen molar-refractivity contribution in [2.24, 2.45) is 5.41 Å². The van der Waals surface area contributed by atoms with Crippen LogP contribution >= 0.6 is 0 Å². The monoisotopic (exact) mass is 228 g/mol. The van der Waals surface area contributed by atoms with Gasteiger partial charge in [-0.05, 0) is 23.9 Å². The lowest BCUT2D eigenvalue weighted by molar-refractivity contribution is -0.423. The van der Waals surface area contributed by atoms with E-state index in [0.29, 0.717) is 11.4 Å². The molecule has 0 fully saturated rings. The highest BCUT2D eigenvalue weighted by molar-refractivity contribution is 5.61. The van der Waals surface area contributed by atoms with E-state index >= 15 is 0 Å². The van der Waals surface area contributed by atoms with Crippen molar-refractivity contribution in [2.75, 3.05) is 0 Å². The average molecular weight is 228 g/mol. The van der Waals surface area contributed by atoms with Gasteiger partial charge in [-0.1, -0.05) is 19.9 Å². The van der Waals surface area contributed by atoms with Crippen molar-refractivity contribution < 1.29 is 4.76 Å². The number of hydrogen-bond acceptors (Lipinski definition) is 3. The van der Waals surface area contributed by atoms with Gasteiger partial charge in [0.2, 0.25) is 6.20 Å². The molecule has 0 saturated heterocycles. The third kappa shape index (κ3) is 1.16. The summed E-state index contributed by atoms with van der Waals surface area (Å²) in [6.45, 7) is 4.05. The van der Waals surface area contributed by atoms with Crippen LogP contribution in [0.5, 0.6) is 0 Å². The minimum Gasteiger partial charge on any atom is -0.754 e. The number of hydrogen-bond donors (Lipinski definition) is 0. The summed E-state index contributed by atoms with van der Waals surface area (Å²) in [5.41, 5.74) is 2.46.